The topological polar surface area (TPSA) is 27.3 Å². The molecular weight excluding hydrogens is 778 g/mol. The van der Waals surface area contributed by atoms with Gasteiger partial charge >= 0.3 is 6.18 Å². The van der Waals surface area contributed by atoms with E-state index in [0.29, 0.717) is 39.2 Å². The maximum atomic E-state index is 15.2. The number of para-hydroxylation sites is 4. The number of fused-ring (bicyclic) bond motifs is 6. The van der Waals surface area contributed by atoms with Crippen LogP contribution in [0.1, 0.15) is 5.56 Å². The van der Waals surface area contributed by atoms with Gasteiger partial charge in [0.2, 0.25) is 5.69 Å². The second-order valence-electron chi connectivity index (χ2n) is 14.7. The molecule has 6 nitrogen and oxygen atoms in total. The zero-order chi connectivity index (χ0) is 42.7. The summed E-state index contributed by atoms with van der Waals surface area (Å²) in [5.41, 5.74) is 5.70. The largest absolute Gasteiger partial charge is 0.415 e. The molecule has 0 bridgehead atoms. The Bertz CT molecular complexity index is 3690. The van der Waals surface area contributed by atoms with Crippen molar-refractivity contribution in [2.24, 2.45) is 0 Å². The minimum atomic E-state index is -4.84. The Kier molecular flexibility index (Phi) is 8.70. The molecule has 0 fully saturated rings. The molecule has 0 unspecified atom stereocenters. The highest BCUT2D eigenvalue weighted by Gasteiger charge is 2.36. The van der Waals surface area contributed by atoms with Gasteiger partial charge in [-0.2, -0.15) is 13.2 Å². The van der Waals surface area contributed by atoms with Crippen molar-refractivity contribution >= 4 is 66.4 Å². The molecule has 10 rings (SSSR count). The summed E-state index contributed by atoms with van der Waals surface area (Å²) in [6, 6.07) is 48.4. The van der Waals surface area contributed by atoms with Gasteiger partial charge in [0.25, 0.3) is 0 Å². The minimum absolute atomic E-state index is 0.0552. The van der Waals surface area contributed by atoms with Gasteiger partial charge in [-0.1, -0.05) is 133 Å². The molecule has 10 aromatic rings. The van der Waals surface area contributed by atoms with E-state index in [4.69, 9.17) is 26.3 Å². The maximum Gasteiger partial charge on any atom is 0.415 e. The van der Waals surface area contributed by atoms with Gasteiger partial charge in [0, 0.05) is 27.1 Å². The van der Waals surface area contributed by atoms with E-state index in [1.807, 2.05) is 124 Å². The summed E-state index contributed by atoms with van der Waals surface area (Å²) in [6.07, 6.45) is -4.84. The van der Waals surface area contributed by atoms with Gasteiger partial charge in [0.05, 0.1) is 65.3 Å². The van der Waals surface area contributed by atoms with Gasteiger partial charge in [0.1, 0.15) is 0 Å². The zero-order valence-corrected chi connectivity index (χ0v) is 32.4. The number of halogens is 3. The predicted octanol–water partition coefficient (Wildman–Crippen LogP) is 16.1. The van der Waals surface area contributed by atoms with Crippen LogP contribution < -0.4 is 0 Å². The lowest BCUT2D eigenvalue weighted by atomic mass is 9.94. The number of rotatable bonds is 5. The molecule has 2 aromatic heterocycles. The second kappa shape index (κ2) is 14.4. The molecule has 0 spiro atoms. The average Bonchev–Trinajstić information content (AvgIpc) is 3.82. The molecular formula is C53H27F3N6. The van der Waals surface area contributed by atoms with Crippen LogP contribution in [0.5, 0.6) is 0 Å². The lowest BCUT2D eigenvalue weighted by molar-refractivity contribution is -0.137. The van der Waals surface area contributed by atoms with E-state index in [-0.39, 0.29) is 28.2 Å². The first-order valence-corrected chi connectivity index (χ1v) is 19.4. The van der Waals surface area contributed by atoms with Crippen molar-refractivity contribution in [2.45, 2.75) is 6.18 Å². The highest BCUT2D eigenvalue weighted by molar-refractivity contribution is 6.14. The number of nitrogens with zero attached hydrogens (tertiary/aromatic N) is 6. The van der Waals surface area contributed by atoms with Gasteiger partial charge < -0.3 is 9.13 Å². The van der Waals surface area contributed by atoms with E-state index in [2.05, 4.69) is 19.4 Å². The molecule has 0 N–H and O–H groups in total. The predicted molar refractivity (Wildman–Crippen MR) is 241 cm³/mol. The molecule has 0 aliphatic rings. The standard InChI is InChI=1S/C53H27F3N6/c1-57-42-19-9-5-14-34(42)32-24-26-38-36-16-7-11-22-45(36)61(48(38)30-32)47-29-28-40(50-41(53(54,55)56)18-13-21-44(50)59-3)52(51(47)60-4)62-46-23-12-8-17-37(46)39-27-25-33(31-49(39)62)35-15-6-10-20-43(35)58-2/h5-31H. The average molecular weight is 805 g/mol. The van der Waals surface area contributed by atoms with Crippen molar-refractivity contribution in [1.82, 2.24) is 9.13 Å². The highest BCUT2D eigenvalue weighted by atomic mass is 19.4. The van der Waals surface area contributed by atoms with E-state index < -0.39 is 11.7 Å². The lowest BCUT2D eigenvalue weighted by Gasteiger charge is -2.23. The summed E-state index contributed by atoms with van der Waals surface area (Å²) >= 11 is 0. The van der Waals surface area contributed by atoms with E-state index in [0.717, 1.165) is 49.8 Å². The normalized spacial score (nSPS) is 11.4. The van der Waals surface area contributed by atoms with Crippen LogP contribution >= 0.6 is 0 Å². The fourth-order valence-corrected chi connectivity index (χ4v) is 8.85. The molecule has 0 aliphatic heterocycles. The molecule has 9 heteroatoms. The van der Waals surface area contributed by atoms with Crippen LogP contribution in [0.3, 0.4) is 0 Å². The summed E-state index contributed by atoms with van der Waals surface area (Å²) in [6.45, 7) is 32.9. The smallest absolute Gasteiger partial charge is 0.319 e. The number of alkyl halides is 3. The van der Waals surface area contributed by atoms with E-state index >= 15 is 13.2 Å². The van der Waals surface area contributed by atoms with Gasteiger partial charge in [-0.05, 0) is 58.1 Å². The Morgan fingerprint density at radius 1 is 0.403 bits per heavy atom. The van der Waals surface area contributed by atoms with Gasteiger partial charge in [-0.3, -0.25) is 0 Å². The van der Waals surface area contributed by atoms with Crippen LogP contribution in [0.15, 0.2) is 164 Å². The fraction of sp³-hybridized carbons (Fsp3) is 0.0189. The van der Waals surface area contributed by atoms with E-state index in [1.165, 1.54) is 12.1 Å². The zero-order valence-electron chi connectivity index (χ0n) is 32.4. The Hall–Kier alpha value is -8.89. The Balaban J connectivity index is 1.39. The van der Waals surface area contributed by atoms with Crippen LogP contribution in [-0.4, -0.2) is 9.13 Å². The fourth-order valence-electron chi connectivity index (χ4n) is 8.85. The SMILES string of the molecule is [C-]#[N+]c1ccccc1-c1ccc2c3ccccc3n(-c3ccc(-c4c([N+]#[C-])cccc4C(F)(F)F)c(-n4c5ccccc5c5ccc(-c6ccccc6[N+]#[C-])cc54)c3[N+]#[C-])c2c1. The van der Waals surface area contributed by atoms with Crippen molar-refractivity contribution in [3.05, 3.63) is 215 Å². The lowest BCUT2D eigenvalue weighted by Crippen LogP contribution is -2.09. The molecule has 0 atom stereocenters. The van der Waals surface area contributed by atoms with Crippen molar-refractivity contribution in [3.8, 4) is 44.8 Å². The number of hydrogen-bond donors (Lipinski definition) is 0. The van der Waals surface area contributed by atoms with Crippen molar-refractivity contribution in [3.63, 3.8) is 0 Å². The van der Waals surface area contributed by atoms with Crippen molar-refractivity contribution in [1.29, 1.82) is 0 Å². The summed E-state index contributed by atoms with van der Waals surface area (Å²) < 4.78 is 49.4. The van der Waals surface area contributed by atoms with Crippen LogP contribution in [-0.2, 0) is 6.18 Å². The molecule has 0 saturated carbocycles. The third-order valence-electron chi connectivity index (χ3n) is 11.5. The third kappa shape index (κ3) is 5.70. The van der Waals surface area contributed by atoms with Crippen molar-refractivity contribution in [2.75, 3.05) is 0 Å². The Morgan fingerprint density at radius 3 is 1.44 bits per heavy atom. The first-order valence-electron chi connectivity index (χ1n) is 19.4. The van der Waals surface area contributed by atoms with Gasteiger partial charge in [0.15, 0.2) is 17.1 Å². The number of aromatic nitrogens is 2. The molecule has 2 heterocycles. The summed E-state index contributed by atoms with van der Waals surface area (Å²) in [5, 5.41) is 3.36. The number of benzene rings is 8. The minimum Gasteiger partial charge on any atom is -0.319 e. The Labute approximate surface area is 353 Å². The number of hydrogen-bond acceptors (Lipinski definition) is 0. The molecule has 8 aromatic carbocycles. The van der Waals surface area contributed by atoms with E-state index in [1.54, 1.807) is 30.3 Å². The maximum absolute atomic E-state index is 15.2. The molecule has 290 valence electrons. The van der Waals surface area contributed by atoms with Crippen LogP contribution in [0.2, 0.25) is 0 Å². The van der Waals surface area contributed by atoms with E-state index in [9.17, 15) is 0 Å². The monoisotopic (exact) mass is 804 g/mol. The summed E-state index contributed by atoms with van der Waals surface area (Å²) in [4.78, 5) is 15.4. The van der Waals surface area contributed by atoms with Crippen LogP contribution in [0.4, 0.5) is 35.9 Å². The molecule has 0 aliphatic carbocycles. The second-order valence-corrected chi connectivity index (χ2v) is 14.7. The first-order chi connectivity index (χ1) is 30.2. The van der Waals surface area contributed by atoms with Crippen LogP contribution in [0, 0.1) is 26.3 Å². The van der Waals surface area contributed by atoms with Gasteiger partial charge in [-0.25, -0.2) is 19.4 Å². The molecule has 62 heavy (non-hydrogen) atoms. The summed E-state index contributed by atoms with van der Waals surface area (Å²) in [7, 11) is 0. The molecule has 0 saturated heterocycles. The quantitative estimate of drug-likeness (QED) is 0.155. The molecule has 0 amide bonds. The first kappa shape index (κ1) is 37.4. The highest BCUT2D eigenvalue weighted by Crippen LogP contribution is 2.51. The van der Waals surface area contributed by atoms with Gasteiger partial charge in [-0.15, -0.1) is 0 Å². The van der Waals surface area contributed by atoms with Crippen LogP contribution in [0.25, 0.3) is 108 Å². The molecule has 0 radical (unpaired) electrons. The third-order valence-corrected chi connectivity index (χ3v) is 11.5. The summed E-state index contributed by atoms with van der Waals surface area (Å²) in [5.74, 6) is 0. The Morgan fingerprint density at radius 2 is 0.887 bits per heavy atom. The van der Waals surface area contributed by atoms with Crippen molar-refractivity contribution < 1.29 is 13.2 Å².